The first kappa shape index (κ1) is 5.98. The van der Waals surface area contributed by atoms with E-state index in [1.165, 1.54) is 0 Å². The Bertz CT molecular complexity index is 112. The largest absolute Gasteiger partial charge is 0.123 e. The van der Waals surface area contributed by atoms with Crippen molar-refractivity contribution in [2.75, 3.05) is 0 Å². The second-order valence-electron chi connectivity index (χ2n) is 2.25. The summed E-state index contributed by atoms with van der Waals surface area (Å²) < 4.78 is 0. The molecule has 1 aliphatic carbocycles. The zero-order chi connectivity index (χ0) is 5.98. The Morgan fingerprint density at radius 1 is 1.50 bits per heavy atom. The summed E-state index contributed by atoms with van der Waals surface area (Å²) in [5, 5.41) is 0.317. The fourth-order valence-electron chi connectivity index (χ4n) is 1.06. The summed E-state index contributed by atoms with van der Waals surface area (Å²) in [4.78, 5) is 0. The van der Waals surface area contributed by atoms with Crippen LogP contribution >= 0.6 is 11.6 Å². The van der Waals surface area contributed by atoms with Gasteiger partial charge in [-0.15, -0.1) is 11.6 Å². The molecule has 1 radical (unpaired) electrons. The van der Waals surface area contributed by atoms with Crippen LogP contribution in [0.25, 0.3) is 0 Å². The van der Waals surface area contributed by atoms with Gasteiger partial charge >= 0.3 is 0 Å². The van der Waals surface area contributed by atoms with Crippen LogP contribution in [0.15, 0.2) is 0 Å². The Kier molecular flexibility index (Phi) is 1.81. The molecule has 0 aromatic carbocycles. The SMILES string of the molecule is [C]#CC1CCC(Cl)C1. The van der Waals surface area contributed by atoms with Crippen molar-refractivity contribution in [1.29, 1.82) is 0 Å². The molecule has 0 N–H and O–H groups in total. The van der Waals surface area contributed by atoms with Crippen molar-refractivity contribution in [3.63, 3.8) is 0 Å². The van der Waals surface area contributed by atoms with Crippen molar-refractivity contribution in [2.45, 2.75) is 24.6 Å². The van der Waals surface area contributed by atoms with Crippen molar-refractivity contribution in [1.82, 2.24) is 0 Å². The molecule has 1 fully saturated rings. The molecule has 0 spiro atoms. The van der Waals surface area contributed by atoms with Crippen LogP contribution in [0.3, 0.4) is 0 Å². The zero-order valence-corrected chi connectivity index (χ0v) is 5.41. The second kappa shape index (κ2) is 2.42. The molecule has 0 aliphatic heterocycles. The minimum absolute atomic E-state index is 0.317. The van der Waals surface area contributed by atoms with Crippen LogP contribution in [0.5, 0.6) is 0 Å². The van der Waals surface area contributed by atoms with E-state index in [0.717, 1.165) is 19.3 Å². The molecule has 0 saturated heterocycles. The standard InChI is InChI=1S/C7H8Cl/c1-2-6-3-4-7(8)5-6/h6-7H,3-5H2. The molecule has 1 heteroatoms. The predicted molar refractivity (Wildman–Crippen MR) is 34.1 cm³/mol. The highest BCUT2D eigenvalue weighted by Crippen LogP contribution is 2.28. The summed E-state index contributed by atoms with van der Waals surface area (Å²) in [5.41, 5.74) is 0. The van der Waals surface area contributed by atoms with E-state index in [0.29, 0.717) is 11.3 Å². The van der Waals surface area contributed by atoms with Crippen LogP contribution in [0.2, 0.25) is 0 Å². The molecule has 0 aromatic heterocycles. The minimum Gasteiger partial charge on any atom is -0.123 e. The van der Waals surface area contributed by atoms with Gasteiger partial charge in [0.05, 0.1) is 0 Å². The Balaban J connectivity index is 2.35. The zero-order valence-electron chi connectivity index (χ0n) is 4.65. The van der Waals surface area contributed by atoms with Gasteiger partial charge in [-0.05, 0) is 25.7 Å². The Hall–Kier alpha value is -0.150. The lowest BCUT2D eigenvalue weighted by Gasteiger charge is -1.94. The van der Waals surface area contributed by atoms with Crippen molar-refractivity contribution < 1.29 is 0 Å². The number of alkyl halides is 1. The average Bonchev–Trinajstić information content (AvgIpc) is 2.14. The number of hydrogen-bond donors (Lipinski definition) is 0. The van der Waals surface area contributed by atoms with Crippen LogP contribution in [-0.4, -0.2) is 5.38 Å². The van der Waals surface area contributed by atoms with E-state index in [-0.39, 0.29) is 0 Å². The van der Waals surface area contributed by atoms with Crippen molar-refractivity contribution in [3.05, 3.63) is 6.42 Å². The highest BCUT2D eigenvalue weighted by molar-refractivity contribution is 6.20. The van der Waals surface area contributed by atoms with Crippen LogP contribution < -0.4 is 0 Å². The summed E-state index contributed by atoms with van der Waals surface area (Å²) >= 11 is 5.76. The summed E-state index contributed by atoms with van der Waals surface area (Å²) in [6, 6.07) is 0. The van der Waals surface area contributed by atoms with E-state index in [1.807, 2.05) is 0 Å². The molecule has 0 aromatic rings. The Morgan fingerprint density at radius 2 is 2.25 bits per heavy atom. The molecule has 1 saturated carbocycles. The van der Waals surface area contributed by atoms with Gasteiger partial charge in [0.2, 0.25) is 0 Å². The third-order valence-corrected chi connectivity index (χ3v) is 1.97. The van der Waals surface area contributed by atoms with Gasteiger partial charge < -0.3 is 0 Å². The van der Waals surface area contributed by atoms with Crippen LogP contribution in [0.1, 0.15) is 19.3 Å². The normalized spacial score (nSPS) is 37.0. The number of rotatable bonds is 0. The van der Waals surface area contributed by atoms with Gasteiger partial charge in [0.1, 0.15) is 0 Å². The van der Waals surface area contributed by atoms with Crippen molar-refractivity contribution >= 4 is 11.6 Å². The smallest absolute Gasteiger partial charge is 0.0348 e. The molecular formula is C7H8Cl. The van der Waals surface area contributed by atoms with Gasteiger partial charge in [0.25, 0.3) is 0 Å². The summed E-state index contributed by atoms with van der Waals surface area (Å²) in [6.07, 6.45) is 9.88. The van der Waals surface area contributed by atoms with E-state index in [2.05, 4.69) is 5.92 Å². The second-order valence-corrected chi connectivity index (χ2v) is 2.87. The summed E-state index contributed by atoms with van der Waals surface area (Å²) in [7, 11) is 0. The van der Waals surface area contributed by atoms with E-state index in [1.54, 1.807) is 0 Å². The first-order valence-electron chi connectivity index (χ1n) is 2.89. The summed E-state index contributed by atoms with van der Waals surface area (Å²) in [5.74, 6) is 2.82. The molecule has 0 nitrogen and oxygen atoms in total. The topological polar surface area (TPSA) is 0 Å². The Labute approximate surface area is 55.2 Å². The van der Waals surface area contributed by atoms with Gasteiger partial charge in [0, 0.05) is 11.3 Å². The lowest BCUT2D eigenvalue weighted by atomic mass is 10.1. The highest BCUT2D eigenvalue weighted by atomic mass is 35.5. The molecular weight excluding hydrogens is 120 g/mol. The first-order chi connectivity index (χ1) is 3.83. The molecule has 0 bridgehead atoms. The monoisotopic (exact) mass is 127 g/mol. The summed E-state index contributed by atoms with van der Waals surface area (Å²) in [6.45, 7) is 0. The van der Waals surface area contributed by atoms with Gasteiger partial charge in [0.15, 0.2) is 0 Å². The van der Waals surface area contributed by atoms with E-state index in [4.69, 9.17) is 18.0 Å². The number of halogens is 1. The van der Waals surface area contributed by atoms with E-state index in [9.17, 15) is 0 Å². The molecule has 0 heterocycles. The molecule has 2 unspecified atom stereocenters. The highest BCUT2D eigenvalue weighted by Gasteiger charge is 2.20. The molecule has 1 rings (SSSR count). The minimum atomic E-state index is 0.317. The maximum Gasteiger partial charge on any atom is 0.0348 e. The maximum absolute atomic E-state index is 6.78. The van der Waals surface area contributed by atoms with Crippen LogP contribution in [0.4, 0.5) is 0 Å². The maximum atomic E-state index is 6.78. The van der Waals surface area contributed by atoms with Gasteiger partial charge in [-0.25, -0.2) is 0 Å². The fraction of sp³-hybridized carbons (Fsp3) is 0.714. The van der Waals surface area contributed by atoms with Crippen LogP contribution in [0, 0.1) is 18.3 Å². The molecule has 2 atom stereocenters. The third kappa shape index (κ3) is 1.17. The fourth-order valence-corrected chi connectivity index (χ4v) is 1.40. The average molecular weight is 128 g/mol. The molecule has 1 aliphatic rings. The molecule has 0 amide bonds. The van der Waals surface area contributed by atoms with E-state index < -0.39 is 0 Å². The quantitative estimate of drug-likeness (QED) is 0.345. The first-order valence-corrected chi connectivity index (χ1v) is 3.33. The molecule has 43 valence electrons. The van der Waals surface area contributed by atoms with Gasteiger partial charge in [-0.1, -0.05) is 5.92 Å². The predicted octanol–water partition coefficient (Wildman–Crippen LogP) is 1.98. The number of hydrogen-bond acceptors (Lipinski definition) is 0. The van der Waals surface area contributed by atoms with Crippen LogP contribution in [-0.2, 0) is 0 Å². The van der Waals surface area contributed by atoms with E-state index >= 15 is 0 Å². The lowest BCUT2D eigenvalue weighted by molar-refractivity contribution is 0.712. The molecule has 8 heavy (non-hydrogen) atoms. The van der Waals surface area contributed by atoms with Gasteiger partial charge in [-0.3, -0.25) is 0 Å². The van der Waals surface area contributed by atoms with Crippen molar-refractivity contribution in [3.8, 4) is 5.92 Å². The van der Waals surface area contributed by atoms with Crippen molar-refractivity contribution in [2.24, 2.45) is 5.92 Å². The third-order valence-electron chi connectivity index (χ3n) is 1.57. The lowest BCUT2D eigenvalue weighted by Crippen LogP contribution is -1.89. The Morgan fingerprint density at radius 3 is 2.50 bits per heavy atom. The van der Waals surface area contributed by atoms with Gasteiger partial charge in [-0.2, -0.15) is 0 Å².